The van der Waals surface area contributed by atoms with Gasteiger partial charge in [0.15, 0.2) is 11.6 Å². The molecule has 4 rings (SSSR count). The lowest BCUT2D eigenvalue weighted by Gasteiger charge is -2.45. The van der Waals surface area contributed by atoms with E-state index < -0.39 is 0 Å². The molecule has 2 unspecified atom stereocenters. The van der Waals surface area contributed by atoms with Crippen molar-refractivity contribution >= 4 is 11.6 Å². The standard InChI is InChI=1S/C20H23NO2/c1-20(2)11-15-18(16(22)12-20)19(23)17(13-7-4-3-5-8-13)14-9-6-10-21(14)15/h3-5,7-8,14,17H,6,9-12H2,1-2H3. The lowest BCUT2D eigenvalue weighted by atomic mass is 9.69. The molecule has 1 saturated heterocycles. The summed E-state index contributed by atoms with van der Waals surface area (Å²) in [4.78, 5) is 28.3. The van der Waals surface area contributed by atoms with Crippen LogP contribution in [0.4, 0.5) is 0 Å². The fraction of sp³-hybridized carbons (Fsp3) is 0.500. The quantitative estimate of drug-likeness (QED) is 0.746. The SMILES string of the molecule is CC1(C)CC(=O)C2=C(C1)N1CCCC1C(c1ccccc1)C2=O. The molecule has 1 fully saturated rings. The predicted octanol–water partition coefficient (Wildman–Crippen LogP) is 3.46. The summed E-state index contributed by atoms with van der Waals surface area (Å²) in [5, 5.41) is 0. The topological polar surface area (TPSA) is 37.4 Å². The van der Waals surface area contributed by atoms with Crippen molar-refractivity contribution in [2.75, 3.05) is 6.54 Å². The number of allylic oxidation sites excluding steroid dienone is 2. The van der Waals surface area contributed by atoms with Crippen molar-refractivity contribution in [3.8, 4) is 0 Å². The first-order valence-electron chi connectivity index (χ1n) is 8.60. The summed E-state index contributed by atoms with van der Waals surface area (Å²) in [6.45, 7) is 5.24. The monoisotopic (exact) mass is 309 g/mol. The van der Waals surface area contributed by atoms with Crippen molar-refractivity contribution in [1.82, 2.24) is 4.90 Å². The Kier molecular flexibility index (Phi) is 3.22. The zero-order valence-corrected chi connectivity index (χ0v) is 13.8. The normalized spacial score (nSPS) is 29.6. The zero-order chi connectivity index (χ0) is 16.2. The van der Waals surface area contributed by atoms with Crippen LogP contribution >= 0.6 is 0 Å². The molecule has 0 N–H and O–H groups in total. The van der Waals surface area contributed by atoms with Gasteiger partial charge in [-0.15, -0.1) is 0 Å². The molecule has 0 spiro atoms. The largest absolute Gasteiger partial charge is 0.370 e. The van der Waals surface area contributed by atoms with Crippen molar-refractivity contribution in [2.24, 2.45) is 5.41 Å². The summed E-state index contributed by atoms with van der Waals surface area (Å²) in [7, 11) is 0. The van der Waals surface area contributed by atoms with Gasteiger partial charge in [-0.2, -0.15) is 0 Å². The molecule has 1 aromatic rings. The van der Waals surface area contributed by atoms with Gasteiger partial charge in [-0.25, -0.2) is 0 Å². The molecule has 3 nitrogen and oxygen atoms in total. The highest BCUT2D eigenvalue weighted by Crippen LogP contribution is 2.48. The number of hydrogen-bond donors (Lipinski definition) is 0. The van der Waals surface area contributed by atoms with Gasteiger partial charge in [0, 0.05) is 24.7 Å². The summed E-state index contributed by atoms with van der Waals surface area (Å²) in [6, 6.07) is 10.2. The Labute approximate surface area is 137 Å². The van der Waals surface area contributed by atoms with Gasteiger partial charge in [0.1, 0.15) is 0 Å². The van der Waals surface area contributed by atoms with Crippen molar-refractivity contribution < 1.29 is 9.59 Å². The van der Waals surface area contributed by atoms with E-state index in [9.17, 15) is 9.59 Å². The summed E-state index contributed by atoms with van der Waals surface area (Å²) >= 11 is 0. The number of hydrogen-bond acceptors (Lipinski definition) is 3. The molecule has 0 saturated carbocycles. The van der Waals surface area contributed by atoms with Crippen LogP contribution in [-0.2, 0) is 9.59 Å². The maximum Gasteiger partial charge on any atom is 0.177 e. The predicted molar refractivity (Wildman–Crippen MR) is 89.0 cm³/mol. The van der Waals surface area contributed by atoms with Gasteiger partial charge < -0.3 is 4.90 Å². The second-order valence-corrected chi connectivity index (χ2v) is 7.92. The van der Waals surface area contributed by atoms with E-state index in [1.807, 2.05) is 30.3 Å². The first kappa shape index (κ1) is 14.7. The van der Waals surface area contributed by atoms with E-state index in [-0.39, 0.29) is 28.9 Å². The second-order valence-electron chi connectivity index (χ2n) is 7.92. The Morgan fingerprint density at radius 2 is 1.83 bits per heavy atom. The molecule has 1 aliphatic carbocycles. The maximum absolute atomic E-state index is 13.2. The molecule has 3 aliphatic rings. The minimum absolute atomic E-state index is 0.0388. The molecule has 0 radical (unpaired) electrons. The summed E-state index contributed by atoms with van der Waals surface area (Å²) < 4.78 is 0. The van der Waals surface area contributed by atoms with Crippen LogP contribution in [0.3, 0.4) is 0 Å². The number of benzene rings is 1. The van der Waals surface area contributed by atoms with Crippen LogP contribution in [0, 0.1) is 5.41 Å². The van der Waals surface area contributed by atoms with Crippen molar-refractivity contribution in [3.05, 3.63) is 47.2 Å². The van der Waals surface area contributed by atoms with E-state index in [4.69, 9.17) is 0 Å². The number of nitrogens with zero attached hydrogens (tertiary/aromatic N) is 1. The molecule has 2 heterocycles. The summed E-state index contributed by atoms with van der Waals surface area (Å²) in [5.74, 6) is -0.0648. The van der Waals surface area contributed by atoms with E-state index in [0.717, 1.165) is 37.1 Å². The lowest BCUT2D eigenvalue weighted by molar-refractivity contribution is -0.126. The van der Waals surface area contributed by atoms with Crippen LogP contribution in [0.15, 0.2) is 41.6 Å². The lowest BCUT2D eigenvalue weighted by Crippen LogP contribution is -2.48. The molecule has 0 bridgehead atoms. The van der Waals surface area contributed by atoms with Crippen molar-refractivity contribution in [2.45, 2.75) is 51.5 Å². The third-order valence-corrected chi connectivity index (χ3v) is 5.57. The highest BCUT2D eigenvalue weighted by atomic mass is 16.2. The van der Waals surface area contributed by atoms with Crippen LogP contribution in [-0.4, -0.2) is 29.1 Å². The van der Waals surface area contributed by atoms with Crippen LogP contribution in [0.1, 0.15) is 51.0 Å². The first-order valence-corrected chi connectivity index (χ1v) is 8.60. The van der Waals surface area contributed by atoms with Crippen LogP contribution in [0.2, 0.25) is 0 Å². The zero-order valence-electron chi connectivity index (χ0n) is 13.8. The molecule has 2 atom stereocenters. The molecular formula is C20H23NO2. The van der Waals surface area contributed by atoms with Crippen LogP contribution in [0.5, 0.6) is 0 Å². The highest BCUT2D eigenvalue weighted by Gasteiger charge is 2.49. The number of carbonyl (C=O) groups is 2. The van der Waals surface area contributed by atoms with Crippen molar-refractivity contribution in [1.29, 1.82) is 0 Å². The molecule has 0 aromatic heterocycles. The van der Waals surface area contributed by atoms with Gasteiger partial charge in [-0.05, 0) is 30.2 Å². The number of carbonyl (C=O) groups excluding carboxylic acids is 2. The minimum atomic E-state index is -0.178. The first-order chi connectivity index (χ1) is 11.0. The number of fused-ring (bicyclic) bond motifs is 2. The second kappa shape index (κ2) is 5.05. The third-order valence-electron chi connectivity index (χ3n) is 5.57. The minimum Gasteiger partial charge on any atom is -0.370 e. The Morgan fingerprint density at radius 3 is 2.57 bits per heavy atom. The molecule has 2 aliphatic heterocycles. The maximum atomic E-state index is 13.2. The van der Waals surface area contributed by atoms with Crippen LogP contribution < -0.4 is 0 Å². The Morgan fingerprint density at radius 1 is 1.09 bits per heavy atom. The summed E-state index contributed by atoms with van der Waals surface area (Å²) in [5.41, 5.74) is 2.56. The van der Waals surface area contributed by atoms with E-state index in [1.165, 1.54) is 0 Å². The van der Waals surface area contributed by atoms with Gasteiger partial charge >= 0.3 is 0 Å². The van der Waals surface area contributed by atoms with Gasteiger partial charge in [0.25, 0.3) is 0 Å². The number of rotatable bonds is 1. The van der Waals surface area contributed by atoms with Gasteiger partial charge in [0.2, 0.25) is 0 Å². The molecule has 3 heteroatoms. The van der Waals surface area contributed by atoms with Gasteiger partial charge in [0.05, 0.1) is 11.5 Å². The Hall–Kier alpha value is -1.90. The fourth-order valence-corrected chi connectivity index (χ4v) is 4.65. The average molecular weight is 309 g/mol. The number of Topliss-reactive ketones (excluding diaryl/α,β-unsaturated/α-hetero) is 2. The Balaban J connectivity index is 1.84. The molecule has 23 heavy (non-hydrogen) atoms. The van der Waals surface area contributed by atoms with E-state index in [0.29, 0.717) is 12.0 Å². The van der Waals surface area contributed by atoms with Gasteiger partial charge in [-0.1, -0.05) is 44.2 Å². The fourth-order valence-electron chi connectivity index (χ4n) is 4.65. The van der Waals surface area contributed by atoms with Crippen molar-refractivity contribution in [3.63, 3.8) is 0 Å². The molecule has 1 aromatic carbocycles. The number of ketones is 2. The smallest absolute Gasteiger partial charge is 0.177 e. The van der Waals surface area contributed by atoms with E-state index in [2.05, 4.69) is 18.7 Å². The Bertz CT molecular complexity index is 702. The summed E-state index contributed by atoms with van der Waals surface area (Å²) in [6.07, 6.45) is 3.47. The third kappa shape index (κ3) is 2.25. The molecule has 120 valence electrons. The van der Waals surface area contributed by atoms with Gasteiger partial charge in [-0.3, -0.25) is 9.59 Å². The van der Waals surface area contributed by atoms with Crippen LogP contribution in [0.25, 0.3) is 0 Å². The molecule has 0 amide bonds. The average Bonchev–Trinajstić information content (AvgIpc) is 2.96. The highest BCUT2D eigenvalue weighted by molar-refractivity contribution is 6.24. The molecular weight excluding hydrogens is 286 g/mol. The van der Waals surface area contributed by atoms with E-state index >= 15 is 0 Å². The van der Waals surface area contributed by atoms with E-state index in [1.54, 1.807) is 0 Å².